The molecule has 0 spiro atoms. The number of aromatic nitrogens is 5. The molecule has 1 aliphatic rings. The molecular formula is C16H16N6O2S. The highest BCUT2D eigenvalue weighted by Crippen LogP contribution is 2.45. The summed E-state index contributed by atoms with van der Waals surface area (Å²) in [5.41, 5.74) is -0.386. The third-order valence-electron chi connectivity index (χ3n) is 4.48. The normalized spacial score (nSPS) is 25.9. The van der Waals surface area contributed by atoms with Gasteiger partial charge in [0.1, 0.15) is 10.5 Å². The highest BCUT2D eigenvalue weighted by Gasteiger charge is 2.52. The fourth-order valence-electron chi connectivity index (χ4n) is 3.35. The molecule has 3 aromatic rings. The summed E-state index contributed by atoms with van der Waals surface area (Å²) >= 11 is 1.50. The van der Waals surface area contributed by atoms with Crippen molar-refractivity contribution in [2.75, 3.05) is 0 Å². The van der Waals surface area contributed by atoms with Crippen LogP contribution in [0.15, 0.2) is 48.6 Å². The Labute approximate surface area is 147 Å². The second-order valence-corrected chi connectivity index (χ2v) is 6.95. The molecule has 8 nitrogen and oxygen atoms in total. The van der Waals surface area contributed by atoms with Gasteiger partial charge in [-0.1, -0.05) is 0 Å². The van der Waals surface area contributed by atoms with Crippen molar-refractivity contribution in [2.24, 2.45) is 0 Å². The number of nitrogens with zero attached hydrogens (tertiary/aromatic N) is 5. The minimum Gasteiger partial charge on any atom is -0.480 e. The molecule has 25 heavy (non-hydrogen) atoms. The van der Waals surface area contributed by atoms with E-state index in [0.29, 0.717) is 6.42 Å². The Bertz CT molecular complexity index is 839. The van der Waals surface area contributed by atoms with Crippen LogP contribution in [0.2, 0.25) is 0 Å². The molecule has 4 heterocycles. The summed E-state index contributed by atoms with van der Waals surface area (Å²) in [6, 6.07) is 1.55. The van der Waals surface area contributed by atoms with Crippen molar-refractivity contribution < 1.29 is 9.90 Å². The highest BCUT2D eigenvalue weighted by atomic mass is 32.1. The first-order chi connectivity index (χ1) is 12.2. The first-order valence-electron chi connectivity index (χ1n) is 7.82. The molecule has 3 aromatic heterocycles. The van der Waals surface area contributed by atoms with Crippen LogP contribution in [0.25, 0.3) is 0 Å². The maximum absolute atomic E-state index is 12.2. The number of hydrogen-bond donors (Lipinski definition) is 2. The van der Waals surface area contributed by atoms with E-state index in [1.807, 2.05) is 5.38 Å². The van der Waals surface area contributed by atoms with Crippen molar-refractivity contribution >= 4 is 17.3 Å². The van der Waals surface area contributed by atoms with Gasteiger partial charge in [0.05, 0.1) is 18.3 Å². The summed E-state index contributed by atoms with van der Waals surface area (Å²) < 4.78 is 1.64. The molecule has 9 heteroatoms. The van der Waals surface area contributed by atoms with Crippen LogP contribution in [0.5, 0.6) is 0 Å². The summed E-state index contributed by atoms with van der Waals surface area (Å²) in [7, 11) is 0. The summed E-state index contributed by atoms with van der Waals surface area (Å²) in [6.07, 6.45) is 10.4. The minimum absolute atomic E-state index is 0.133. The van der Waals surface area contributed by atoms with Gasteiger partial charge >= 0.3 is 5.97 Å². The van der Waals surface area contributed by atoms with Gasteiger partial charge in [-0.05, 0) is 12.5 Å². The molecule has 0 unspecified atom stereocenters. The Kier molecular flexibility index (Phi) is 4.02. The molecule has 4 rings (SSSR count). The van der Waals surface area contributed by atoms with Gasteiger partial charge in [0.25, 0.3) is 0 Å². The van der Waals surface area contributed by atoms with E-state index in [-0.39, 0.29) is 18.5 Å². The number of carbonyl (C=O) groups is 1. The minimum atomic E-state index is -1.15. The summed E-state index contributed by atoms with van der Waals surface area (Å²) in [5, 5.41) is 20.2. The van der Waals surface area contributed by atoms with Crippen molar-refractivity contribution in [1.82, 2.24) is 30.0 Å². The molecule has 0 bridgehead atoms. The predicted molar refractivity (Wildman–Crippen MR) is 90.0 cm³/mol. The Hall–Kier alpha value is -2.65. The Morgan fingerprint density at radius 2 is 2.28 bits per heavy atom. The average molecular weight is 356 g/mol. The van der Waals surface area contributed by atoms with Crippen molar-refractivity contribution in [3.63, 3.8) is 0 Å². The molecule has 2 N–H and O–H groups in total. The zero-order valence-corrected chi connectivity index (χ0v) is 14.0. The Morgan fingerprint density at radius 3 is 2.92 bits per heavy atom. The van der Waals surface area contributed by atoms with Gasteiger partial charge in [0.2, 0.25) is 0 Å². The number of nitrogens with one attached hydrogen (secondary N) is 1. The van der Waals surface area contributed by atoms with Crippen LogP contribution in [-0.4, -0.2) is 41.3 Å². The fourth-order valence-corrected chi connectivity index (χ4v) is 4.10. The second kappa shape index (κ2) is 6.34. The zero-order chi connectivity index (χ0) is 17.3. The van der Waals surface area contributed by atoms with Crippen LogP contribution in [-0.2, 0) is 11.3 Å². The average Bonchev–Trinajstić information content (AvgIpc) is 3.37. The molecule has 0 amide bonds. The lowest BCUT2D eigenvalue weighted by Gasteiger charge is -2.25. The SMILES string of the molecule is O=C(O)[C@]1(Cn2cccn2)C[C@H](c2cnccn2)[C@H](c2nccs2)N1. The third-order valence-corrected chi connectivity index (χ3v) is 5.34. The monoisotopic (exact) mass is 356 g/mol. The number of aliphatic carboxylic acids is 1. The van der Waals surface area contributed by atoms with E-state index in [1.54, 1.807) is 47.9 Å². The lowest BCUT2D eigenvalue weighted by atomic mass is 9.89. The smallest absolute Gasteiger partial charge is 0.325 e. The number of thiazole rings is 1. The molecular weight excluding hydrogens is 340 g/mol. The molecule has 3 atom stereocenters. The summed E-state index contributed by atoms with van der Waals surface area (Å²) in [5.74, 6) is -1.04. The van der Waals surface area contributed by atoms with Gasteiger partial charge < -0.3 is 5.11 Å². The molecule has 0 radical (unpaired) electrons. The maximum Gasteiger partial charge on any atom is 0.325 e. The maximum atomic E-state index is 12.2. The lowest BCUT2D eigenvalue weighted by molar-refractivity contribution is -0.145. The van der Waals surface area contributed by atoms with Gasteiger partial charge in [0, 0.05) is 48.5 Å². The topological polar surface area (TPSA) is 106 Å². The van der Waals surface area contributed by atoms with E-state index in [0.717, 1.165) is 10.7 Å². The first-order valence-corrected chi connectivity index (χ1v) is 8.70. The number of rotatable bonds is 5. The van der Waals surface area contributed by atoms with Crippen LogP contribution in [0.4, 0.5) is 0 Å². The van der Waals surface area contributed by atoms with E-state index in [4.69, 9.17) is 0 Å². The van der Waals surface area contributed by atoms with Crippen LogP contribution in [0.1, 0.15) is 29.1 Å². The van der Waals surface area contributed by atoms with Gasteiger partial charge in [-0.2, -0.15) is 5.10 Å². The van der Waals surface area contributed by atoms with Crippen molar-refractivity contribution in [3.05, 3.63) is 59.3 Å². The lowest BCUT2D eigenvalue weighted by Crippen LogP contribution is -2.51. The van der Waals surface area contributed by atoms with Gasteiger partial charge in [-0.3, -0.25) is 24.8 Å². The summed E-state index contributed by atoms with van der Waals surface area (Å²) in [4.78, 5) is 25.1. The van der Waals surface area contributed by atoms with Crippen LogP contribution in [0.3, 0.4) is 0 Å². The Balaban J connectivity index is 1.73. The Morgan fingerprint density at radius 1 is 1.36 bits per heavy atom. The van der Waals surface area contributed by atoms with Gasteiger partial charge in [-0.25, -0.2) is 4.98 Å². The second-order valence-electron chi connectivity index (χ2n) is 6.02. The molecule has 0 aliphatic carbocycles. The predicted octanol–water partition coefficient (Wildman–Crippen LogP) is 1.47. The van der Waals surface area contributed by atoms with Crippen LogP contribution < -0.4 is 5.32 Å². The third kappa shape index (κ3) is 2.92. The standard InChI is InChI=1S/C16H16N6O2S/c23-15(24)16(10-22-6-1-2-20-22)8-11(12-9-17-3-4-18-12)13(21-16)14-19-5-7-25-14/h1-7,9,11,13,21H,8,10H2,(H,23,24)/t11-,13-,16-/m1/s1. The molecule has 1 aliphatic heterocycles. The first kappa shape index (κ1) is 15.9. The van der Waals surface area contributed by atoms with E-state index >= 15 is 0 Å². The molecule has 1 saturated heterocycles. The van der Waals surface area contributed by atoms with E-state index in [1.165, 1.54) is 11.3 Å². The van der Waals surface area contributed by atoms with E-state index in [2.05, 4.69) is 25.4 Å². The number of hydrogen-bond acceptors (Lipinski definition) is 7. The molecule has 0 saturated carbocycles. The van der Waals surface area contributed by atoms with Gasteiger partial charge in [-0.15, -0.1) is 11.3 Å². The van der Waals surface area contributed by atoms with Crippen LogP contribution >= 0.6 is 11.3 Å². The number of carboxylic acids is 1. The quantitative estimate of drug-likeness (QED) is 0.713. The van der Waals surface area contributed by atoms with E-state index < -0.39 is 11.5 Å². The van der Waals surface area contributed by atoms with Crippen LogP contribution in [0, 0.1) is 0 Å². The largest absolute Gasteiger partial charge is 0.480 e. The fraction of sp³-hybridized carbons (Fsp3) is 0.312. The van der Waals surface area contributed by atoms with Crippen molar-refractivity contribution in [1.29, 1.82) is 0 Å². The van der Waals surface area contributed by atoms with Crippen molar-refractivity contribution in [3.8, 4) is 0 Å². The van der Waals surface area contributed by atoms with Gasteiger partial charge in [0.15, 0.2) is 0 Å². The zero-order valence-electron chi connectivity index (χ0n) is 13.2. The van der Waals surface area contributed by atoms with Crippen molar-refractivity contribution in [2.45, 2.75) is 30.5 Å². The van der Waals surface area contributed by atoms with E-state index in [9.17, 15) is 9.90 Å². The molecule has 1 fully saturated rings. The molecule has 128 valence electrons. The highest BCUT2D eigenvalue weighted by molar-refractivity contribution is 7.09. The summed E-state index contributed by atoms with van der Waals surface area (Å²) in [6.45, 7) is 0.230. The number of carboxylic acid groups (broad SMARTS) is 1. The molecule has 0 aromatic carbocycles.